The van der Waals surface area contributed by atoms with Crippen LogP contribution in [0.25, 0.3) is 10.8 Å². The Labute approximate surface area is 148 Å². The van der Waals surface area contributed by atoms with Crippen LogP contribution in [0, 0.1) is 12.8 Å². The topological polar surface area (TPSA) is 67.8 Å². The standard InChI is InChI=1S/C17H18N4OS2/c1-11(9-13-5-3-8-23-13)10-20-16(22)14-12(2)21-17(24-14)15-18-6-4-7-19-15/h3-8,11H,9-10H2,1-2H3,(H,20,22). The number of nitrogens with one attached hydrogen (secondary N) is 1. The van der Waals surface area contributed by atoms with Gasteiger partial charge in [0, 0.05) is 23.8 Å². The van der Waals surface area contributed by atoms with Crippen LogP contribution in [0.15, 0.2) is 36.0 Å². The molecule has 0 aromatic carbocycles. The predicted octanol–water partition coefficient (Wildman–Crippen LogP) is 3.58. The largest absolute Gasteiger partial charge is 0.351 e. The Hall–Kier alpha value is -2.12. The van der Waals surface area contributed by atoms with E-state index in [1.807, 2.05) is 6.92 Å². The lowest BCUT2D eigenvalue weighted by Crippen LogP contribution is -2.28. The summed E-state index contributed by atoms with van der Waals surface area (Å²) in [5, 5.41) is 5.76. The van der Waals surface area contributed by atoms with Gasteiger partial charge in [-0.25, -0.2) is 15.0 Å². The van der Waals surface area contributed by atoms with Gasteiger partial charge in [0.2, 0.25) is 0 Å². The molecule has 0 bridgehead atoms. The quantitative estimate of drug-likeness (QED) is 0.731. The molecular weight excluding hydrogens is 340 g/mol. The smallest absolute Gasteiger partial charge is 0.263 e. The number of thiophene rings is 1. The van der Waals surface area contributed by atoms with Gasteiger partial charge in [-0.05, 0) is 36.8 Å². The van der Waals surface area contributed by atoms with E-state index >= 15 is 0 Å². The van der Waals surface area contributed by atoms with Gasteiger partial charge in [-0.3, -0.25) is 4.79 Å². The van der Waals surface area contributed by atoms with Gasteiger partial charge >= 0.3 is 0 Å². The van der Waals surface area contributed by atoms with Gasteiger partial charge in [0.25, 0.3) is 5.91 Å². The van der Waals surface area contributed by atoms with E-state index in [1.165, 1.54) is 16.2 Å². The SMILES string of the molecule is Cc1nc(-c2ncccn2)sc1C(=O)NCC(C)Cc1cccs1. The zero-order valence-electron chi connectivity index (χ0n) is 13.5. The van der Waals surface area contributed by atoms with E-state index in [1.54, 1.807) is 29.8 Å². The molecule has 1 atom stereocenters. The van der Waals surface area contributed by atoms with Gasteiger partial charge in [0.05, 0.1) is 5.69 Å². The molecule has 7 heteroatoms. The second-order valence-electron chi connectivity index (χ2n) is 5.60. The molecule has 5 nitrogen and oxygen atoms in total. The monoisotopic (exact) mass is 358 g/mol. The van der Waals surface area contributed by atoms with Crippen LogP contribution in [0.1, 0.15) is 27.2 Å². The van der Waals surface area contributed by atoms with Crippen molar-refractivity contribution in [1.82, 2.24) is 20.3 Å². The number of hydrogen-bond donors (Lipinski definition) is 1. The van der Waals surface area contributed by atoms with Gasteiger partial charge in [-0.2, -0.15) is 0 Å². The summed E-state index contributed by atoms with van der Waals surface area (Å²) in [5.74, 6) is 0.860. The maximum absolute atomic E-state index is 12.4. The molecule has 0 radical (unpaired) electrons. The second kappa shape index (κ2) is 7.63. The van der Waals surface area contributed by atoms with Crippen molar-refractivity contribution in [1.29, 1.82) is 0 Å². The number of hydrogen-bond acceptors (Lipinski definition) is 6. The van der Waals surface area contributed by atoms with Crippen LogP contribution in [0.5, 0.6) is 0 Å². The van der Waals surface area contributed by atoms with Crippen LogP contribution in [0.4, 0.5) is 0 Å². The summed E-state index contributed by atoms with van der Waals surface area (Å²) in [5.41, 5.74) is 0.714. The van der Waals surface area contributed by atoms with Crippen LogP contribution >= 0.6 is 22.7 Å². The van der Waals surface area contributed by atoms with Gasteiger partial charge in [0.15, 0.2) is 10.8 Å². The molecule has 124 valence electrons. The van der Waals surface area contributed by atoms with Crippen molar-refractivity contribution in [2.75, 3.05) is 6.54 Å². The average Bonchev–Trinajstić information content (AvgIpc) is 3.23. The highest BCUT2D eigenvalue weighted by Crippen LogP contribution is 2.25. The van der Waals surface area contributed by atoms with Crippen molar-refractivity contribution >= 4 is 28.6 Å². The number of carbonyl (C=O) groups is 1. The number of aromatic nitrogens is 3. The first-order chi connectivity index (χ1) is 11.6. The highest BCUT2D eigenvalue weighted by molar-refractivity contribution is 7.17. The molecule has 1 amide bonds. The summed E-state index contributed by atoms with van der Waals surface area (Å²) >= 11 is 3.08. The number of aryl methyl sites for hydroxylation is 1. The molecule has 0 aliphatic carbocycles. The summed E-state index contributed by atoms with van der Waals surface area (Å²) in [6, 6.07) is 5.94. The van der Waals surface area contributed by atoms with Gasteiger partial charge in [-0.1, -0.05) is 13.0 Å². The summed E-state index contributed by atoms with van der Waals surface area (Å²) in [6.07, 6.45) is 4.32. The van der Waals surface area contributed by atoms with Crippen molar-refractivity contribution in [3.05, 3.63) is 51.4 Å². The molecule has 0 spiro atoms. The van der Waals surface area contributed by atoms with E-state index in [-0.39, 0.29) is 5.91 Å². The van der Waals surface area contributed by atoms with E-state index in [4.69, 9.17) is 0 Å². The van der Waals surface area contributed by atoms with E-state index in [2.05, 4.69) is 44.7 Å². The number of carbonyl (C=O) groups excluding carboxylic acids is 1. The minimum Gasteiger partial charge on any atom is -0.351 e. The molecule has 24 heavy (non-hydrogen) atoms. The molecule has 0 aliphatic heterocycles. The maximum atomic E-state index is 12.4. The molecule has 0 saturated carbocycles. The zero-order chi connectivity index (χ0) is 16.9. The number of amides is 1. The molecule has 3 aromatic rings. The number of rotatable bonds is 6. The van der Waals surface area contributed by atoms with E-state index in [0.29, 0.717) is 33.9 Å². The number of thiazole rings is 1. The molecule has 3 rings (SSSR count). The van der Waals surface area contributed by atoms with Crippen LogP contribution in [-0.4, -0.2) is 27.4 Å². The van der Waals surface area contributed by atoms with Gasteiger partial charge < -0.3 is 5.32 Å². The third-order valence-electron chi connectivity index (χ3n) is 3.50. The lowest BCUT2D eigenvalue weighted by Gasteiger charge is -2.11. The van der Waals surface area contributed by atoms with Crippen LogP contribution in [0.3, 0.4) is 0 Å². The van der Waals surface area contributed by atoms with Crippen LogP contribution in [-0.2, 0) is 6.42 Å². The summed E-state index contributed by atoms with van der Waals surface area (Å²) in [6.45, 7) is 4.63. The van der Waals surface area contributed by atoms with Crippen molar-refractivity contribution in [2.45, 2.75) is 20.3 Å². The lowest BCUT2D eigenvalue weighted by atomic mass is 10.1. The van der Waals surface area contributed by atoms with Gasteiger partial charge in [0.1, 0.15) is 4.88 Å². The fourth-order valence-corrected chi connectivity index (χ4v) is 4.10. The first-order valence-electron chi connectivity index (χ1n) is 7.69. The van der Waals surface area contributed by atoms with Crippen molar-refractivity contribution < 1.29 is 4.79 Å². The fourth-order valence-electron chi connectivity index (χ4n) is 2.30. The van der Waals surface area contributed by atoms with Gasteiger partial charge in [-0.15, -0.1) is 22.7 Å². The second-order valence-corrected chi connectivity index (χ2v) is 7.64. The Morgan fingerprint density at radius 3 is 2.79 bits per heavy atom. The third kappa shape index (κ3) is 4.04. The lowest BCUT2D eigenvalue weighted by molar-refractivity contribution is 0.0951. The Kier molecular flexibility index (Phi) is 5.32. The molecule has 1 N–H and O–H groups in total. The fraction of sp³-hybridized carbons (Fsp3) is 0.294. The zero-order valence-corrected chi connectivity index (χ0v) is 15.2. The Balaban J connectivity index is 1.62. The molecule has 0 aliphatic rings. The minimum absolute atomic E-state index is 0.0785. The summed E-state index contributed by atoms with van der Waals surface area (Å²) < 4.78 is 0. The highest BCUT2D eigenvalue weighted by Gasteiger charge is 2.18. The van der Waals surface area contributed by atoms with Crippen LogP contribution in [0.2, 0.25) is 0 Å². The molecule has 3 aromatic heterocycles. The Morgan fingerprint density at radius 2 is 2.08 bits per heavy atom. The van der Waals surface area contributed by atoms with Crippen molar-refractivity contribution in [3.8, 4) is 10.8 Å². The van der Waals surface area contributed by atoms with Crippen LogP contribution < -0.4 is 5.32 Å². The van der Waals surface area contributed by atoms with E-state index in [9.17, 15) is 4.79 Å². The normalized spacial score (nSPS) is 12.1. The first kappa shape index (κ1) is 16.7. The molecule has 0 fully saturated rings. The average molecular weight is 358 g/mol. The molecular formula is C17H18N4OS2. The van der Waals surface area contributed by atoms with Crippen molar-refractivity contribution in [3.63, 3.8) is 0 Å². The maximum Gasteiger partial charge on any atom is 0.263 e. The molecule has 1 unspecified atom stereocenters. The summed E-state index contributed by atoms with van der Waals surface area (Å²) in [7, 11) is 0. The molecule has 0 saturated heterocycles. The Morgan fingerprint density at radius 1 is 1.29 bits per heavy atom. The van der Waals surface area contributed by atoms with E-state index in [0.717, 1.165) is 6.42 Å². The molecule has 3 heterocycles. The first-order valence-corrected chi connectivity index (χ1v) is 9.38. The van der Waals surface area contributed by atoms with E-state index < -0.39 is 0 Å². The Bertz CT molecular complexity index is 799. The third-order valence-corrected chi connectivity index (χ3v) is 5.55. The predicted molar refractivity (Wildman–Crippen MR) is 97.4 cm³/mol. The summed E-state index contributed by atoms with van der Waals surface area (Å²) in [4.78, 5) is 27.2. The van der Waals surface area contributed by atoms with Crippen molar-refractivity contribution in [2.24, 2.45) is 5.92 Å². The number of nitrogens with zero attached hydrogens (tertiary/aromatic N) is 3. The highest BCUT2D eigenvalue weighted by atomic mass is 32.1. The minimum atomic E-state index is -0.0785.